The average Bonchev–Trinajstić information content (AvgIpc) is 2.67. The van der Waals surface area contributed by atoms with Gasteiger partial charge in [-0.15, -0.1) is 0 Å². The monoisotopic (exact) mass is 386 g/mol. The number of fused-ring (bicyclic) bond motifs is 1. The molecule has 3 aromatic rings. The molecule has 0 unspecified atom stereocenters. The molecule has 0 aliphatic rings. The van der Waals surface area contributed by atoms with E-state index in [4.69, 9.17) is 25.5 Å². The molecule has 0 bridgehead atoms. The van der Waals surface area contributed by atoms with Crippen molar-refractivity contribution < 1.29 is 18.7 Å². The van der Waals surface area contributed by atoms with E-state index in [0.29, 0.717) is 39.3 Å². The second kappa shape index (κ2) is 7.84. The Hall–Kier alpha value is -2.79. The highest BCUT2D eigenvalue weighted by Gasteiger charge is 2.26. The van der Waals surface area contributed by atoms with E-state index in [2.05, 4.69) is 0 Å². The molecule has 0 aliphatic carbocycles. The Morgan fingerprint density at radius 1 is 1.19 bits per heavy atom. The fraction of sp³-hybridized carbons (Fsp3) is 0.238. The van der Waals surface area contributed by atoms with Crippen LogP contribution in [0.2, 0.25) is 5.02 Å². The van der Waals surface area contributed by atoms with E-state index < -0.39 is 17.5 Å². The Morgan fingerprint density at radius 3 is 2.59 bits per heavy atom. The van der Waals surface area contributed by atoms with Crippen LogP contribution < -0.4 is 10.4 Å². The molecular weight excluding hydrogens is 368 g/mol. The van der Waals surface area contributed by atoms with Crippen molar-refractivity contribution in [2.75, 3.05) is 14.2 Å². The van der Waals surface area contributed by atoms with E-state index in [9.17, 15) is 9.59 Å². The molecule has 27 heavy (non-hydrogen) atoms. The maximum absolute atomic E-state index is 12.6. The van der Waals surface area contributed by atoms with E-state index in [0.717, 1.165) is 5.56 Å². The second-order valence-corrected chi connectivity index (χ2v) is 6.57. The Morgan fingerprint density at radius 2 is 1.93 bits per heavy atom. The largest absolute Gasteiger partial charge is 0.496 e. The van der Waals surface area contributed by atoms with Crippen molar-refractivity contribution >= 4 is 28.5 Å². The van der Waals surface area contributed by atoms with Crippen LogP contribution in [0, 0.1) is 6.92 Å². The molecule has 0 fully saturated rings. The van der Waals surface area contributed by atoms with E-state index >= 15 is 0 Å². The van der Waals surface area contributed by atoms with Gasteiger partial charge in [-0.05, 0) is 42.7 Å². The van der Waals surface area contributed by atoms with Gasteiger partial charge in [-0.3, -0.25) is 4.79 Å². The Bertz CT molecular complexity index is 1050. The molecule has 0 saturated carbocycles. The number of rotatable bonds is 5. The quantitative estimate of drug-likeness (QED) is 0.484. The number of carbonyl (C=O) groups excluding carboxylic acids is 1. The number of ether oxygens (including phenoxy) is 2. The van der Waals surface area contributed by atoms with Crippen molar-refractivity contribution in [1.29, 1.82) is 0 Å². The molecule has 0 aliphatic heterocycles. The van der Waals surface area contributed by atoms with Crippen molar-refractivity contribution in [2.45, 2.75) is 19.3 Å². The molecule has 0 N–H and O–H groups in total. The van der Waals surface area contributed by atoms with Gasteiger partial charge in [-0.2, -0.15) is 0 Å². The number of benzene rings is 2. The van der Waals surface area contributed by atoms with E-state index in [1.165, 1.54) is 13.2 Å². The van der Waals surface area contributed by atoms with Crippen LogP contribution in [0.3, 0.4) is 0 Å². The summed E-state index contributed by atoms with van der Waals surface area (Å²) in [4.78, 5) is 24.8. The summed E-state index contributed by atoms with van der Waals surface area (Å²) in [5, 5.41) is 1.21. The minimum atomic E-state index is -0.700. The van der Waals surface area contributed by atoms with Gasteiger partial charge in [0.15, 0.2) is 0 Å². The van der Waals surface area contributed by atoms with Crippen LogP contribution in [0.1, 0.15) is 22.6 Å². The third-order valence-electron chi connectivity index (χ3n) is 4.61. The number of hydrogen-bond acceptors (Lipinski definition) is 5. The van der Waals surface area contributed by atoms with E-state index in [-0.39, 0.29) is 0 Å². The molecule has 0 spiro atoms. The maximum atomic E-state index is 12.6. The van der Waals surface area contributed by atoms with Gasteiger partial charge in [0.25, 0.3) is 0 Å². The van der Waals surface area contributed by atoms with Gasteiger partial charge in [0.1, 0.15) is 11.3 Å². The molecule has 2 aromatic carbocycles. The minimum absolute atomic E-state index is 0.302. The molecular formula is C21H19ClO5. The molecule has 0 radical (unpaired) electrons. The molecule has 6 heteroatoms. The highest BCUT2D eigenvalue weighted by Crippen LogP contribution is 2.34. The number of carbonyl (C=O) groups is 1. The van der Waals surface area contributed by atoms with Crippen LogP contribution in [0.4, 0.5) is 0 Å². The lowest BCUT2D eigenvalue weighted by molar-refractivity contribution is -0.142. The number of hydrogen-bond donors (Lipinski definition) is 0. The average molecular weight is 387 g/mol. The second-order valence-electron chi connectivity index (χ2n) is 6.16. The summed E-state index contributed by atoms with van der Waals surface area (Å²) < 4.78 is 15.7. The number of methoxy groups -OCH3 is 2. The molecule has 1 heterocycles. The number of halogens is 1. The van der Waals surface area contributed by atoms with Crippen molar-refractivity contribution in [3.63, 3.8) is 0 Å². The predicted molar refractivity (Wildman–Crippen MR) is 104 cm³/mol. The Kier molecular flexibility index (Phi) is 5.51. The minimum Gasteiger partial charge on any atom is -0.496 e. The summed E-state index contributed by atoms with van der Waals surface area (Å²) in [5.41, 5.74) is 1.88. The van der Waals surface area contributed by atoms with Crippen molar-refractivity contribution in [1.82, 2.24) is 0 Å². The standard InChI is InChI=1S/C21H19ClO5/c1-12-18(25-2)9-8-14-15(11-19(23)27-20(12)14)16(21(24)26-3)10-13-6-4-5-7-17(13)22/h4-9,11,16H,10H2,1-3H3/t16-/m0/s1. The van der Waals surface area contributed by atoms with Crippen LogP contribution in [-0.2, 0) is 16.0 Å². The lowest BCUT2D eigenvalue weighted by Crippen LogP contribution is -2.19. The molecule has 0 amide bonds. The van der Waals surface area contributed by atoms with Gasteiger partial charge in [-0.25, -0.2) is 4.79 Å². The topological polar surface area (TPSA) is 65.7 Å². The maximum Gasteiger partial charge on any atom is 0.336 e. The summed E-state index contributed by atoms with van der Waals surface area (Å²) >= 11 is 6.27. The SMILES string of the molecule is COC(=O)[C@@H](Cc1ccccc1Cl)c1cc(=O)oc2c(C)c(OC)ccc12. The summed E-state index contributed by atoms with van der Waals surface area (Å²) in [7, 11) is 2.87. The molecule has 0 saturated heterocycles. The van der Waals surface area contributed by atoms with Crippen molar-refractivity contribution in [2.24, 2.45) is 0 Å². The fourth-order valence-corrected chi connectivity index (χ4v) is 3.44. The number of esters is 1. The lowest BCUT2D eigenvalue weighted by atomic mass is 9.89. The van der Waals surface area contributed by atoms with Gasteiger partial charge in [0, 0.05) is 22.0 Å². The lowest BCUT2D eigenvalue weighted by Gasteiger charge is -2.18. The molecule has 140 valence electrons. The summed E-state index contributed by atoms with van der Waals surface area (Å²) in [6, 6.07) is 12.2. The third kappa shape index (κ3) is 3.69. The summed E-state index contributed by atoms with van der Waals surface area (Å²) in [6.07, 6.45) is 0.302. The van der Waals surface area contributed by atoms with Crippen molar-refractivity contribution in [3.8, 4) is 5.75 Å². The summed E-state index contributed by atoms with van der Waals surface area (Å²) in [5.74, 6) is -0.548. The van der Waals surface area contributed by atoms with Gasteiger partial charge >= 0.3 is 11.6 Å². The molecule has 1 atom stereocenters. The normalized spacial score (nSPS) is 12.0. The van der Waals surface area contributed by atoms with Crippen LogP contribution in [0.25, 0.3) is 11.0 Å². The van der Waals surface area contributed by atoms with E-state index in [1.54, 1.807) is 32.2 Å². The van der Waals surface area contributed by atoms with Crippen LogP contribution in [0.5, 0.6) is 5.75 Å². The van der Waals surface area contributed by atoms with Gasteiger partial charge in [0.05, 0.1) is 20.1 Å². The van der Waals surface area contributed by atoms with Crippen LogP contribution in [-0.4, -0.2) is 20.2 Å². The van der Waals surface area contributed by atoms with Gasteiger partial charge < -0.3 is 13.9 Å². The van der Waals surface area contributed by atoms with Gasteiger partial charge in [-0.1, -0.05) is 29.8 Å². The van der Waals surface area contributed by atoms with Gasteiger partial charge in [0.2, 0.25) is 0 Å². The van der Waals surface area contributed by atoms with Crippen LogP contribution in [0.15, 0.2) is 51.7 Å². The van der Waals surface area contributed by atoms with Crippen LogP contribution >= 0.6 is 11.6 Å². The molecule has 5 nitrogen and oxygen atoms in total. The van der Waals surface area contributed by atoms with Crippen molar-refractivity contribution in [3.05, 3.63) is 74.6 Å². The third-order valence-corrected chi connectivity index (χ3v) is 4.97. The molecule has 3 rings (SSSR count). The zero-order valence-corrected chi connectivity index (χ0v) is 16.0. The zero-order valence-electron chi connectivity index (χ0n) is 15.2. The predicted octanol–water partition coefficient (Wildman–Crippen LogP) is 4.26. The van der Waals surface area contributed by atoms with E-state index in [1.807, 2.05) is 18.2 Å². The highest BCUT2D eigenvalue weighted by atomic mass is 35.5. The fourth-order valence-electron chi connectivity index (χ4n) is 3.22. The highest BCUT2D eigenvalue weighted by molar-refractivity contribution is 6.31. The first-order valence-electron chi connectivity index (χ1n) is 8.38. The zero-order chi connectivity index (χ0) is 19.6. The summed E-state index contributed by atoms with van der Waals surface area (Å²) in [6.45, 7) is 1.80. The number of aryl methyl sites for hydroxylation is 1. The first-order valence-corrected chi connectivity index (χ1v) is 8.76. The molecule has 1 aromatic heterocycles. The Labute approximate surface area is 161 Å². The first-order chi connectivity index (χ1) is 13.0. The smallest absolute Gasteiger partial charge is 0.336 e. The Balaban J connectivity index is 2.22. The first kappa shape index (κ1) is 19.0.